The fourth-order valence-corrected chi connectivity index (χ4v) is 4.39. The Bertz CT molecular complexity index is 1180. The molecule has 2 aromatic rings. The highest BCUT2D eigenvalue weighted by atomic mass is 32.2. The van der Waals surface area contributed by atoms with Crippen molar-refractivity contribution in [3.05, 3.63) is 52.8 Å². The zero-order chi connectivity index (χ0) is 22.1. The zero-order valence-corrected chi connectivity index (χ0v) is 17.6. The third-order valence-corrected chi connectivity index (χ3v) is 5.89. The molecule has 0 saturated heterocycles. The van der Waals surface area contributed by atoms with E-state index in [9.17, 15) is 23.0 Å². The van der Waals surface area contributed by atoms with Crippen molar-refractivity contribution >= 4 is 27.3 Å². The van der Waals surface area contributed by atoms with Gasteiger partial charge in [-0.3, -0.25) is 19.3 Å². The number of pyridine rings is 1. The van der Waals surface area contributed by atoms with E-state index in [0.717, 1.165) is 0 Å². The van der Waals surface area contributed by atoms with Crippen molar-refractivity contribution in [3.8, 4) is 11.8 Å². The van der Waals surface area contributed by atoms with Crippen LogP contribution in [0.4, 0.5) is 5.69 Å². The summed E-state index contributed by atoms with van der Waals surface area (Å²) in [7, 11) is -2.71. The molecule has 1 aliphatic heterocycles. The number of methoxy groups -OCH3 is 1. The van der Waals surface area contributed by atoms with E-state index in [4.69, 9.17) is 4.74 Å². The number of benzene rings is 1. The van der Waals surface area contributed by atoms with E-state index in [0.29, 0.717) is 39.5 Å². The van der Waals surface area contributed by atoms with Gasteiger partial charge in [-0.15, -0.1) is 0 Å². The number of Topliss-reactive ketones (excluding diaryl/α,β-unsaturated/α-hetero) is 1. The van der Waals surface area contributed by atoms with E-state index >= 15 is 0 Å². The number of ether oxygens (including phenoxy) is 1. The maximum absolute atomic E-state index is 12.6. The fourth-order valence-electron chi connectivity index (χ4n) is 3.94. The number of aryl methyl sites for hydroxylation is 1. The lowest BCUT2D eigenvalue weighted by atomic mass is 9.73. The number of rotatable bonds is 6. The molecular weight excluding hydrogens is 406 g/mol. The van der Waals surface area contributed by atoms with Gasteiger partial charge in [0.25, 0.3) is 10.1 Å². The summed E-state index contributed by atoms with van der Waals surface area (Å²) in [5, 5.41) is 9.22. The smallest absolute Gasteiger partial charge is 0.265 e. The van der Waals surface area contributed by atoms with E-state index < -0.39 is 27.7 Å². The number of nitrogens with zero attached hydrogens (tertiary/aromatic N) is 3. The average molecular weight is 427 g/mol. The normalized spacial score (nSPS) is 18.2. The SMILES string of the molecule is COc1cc(C#N)ccc1C1c2c(ccnc2CCS(=O)(=O)O)N=C(C)C1C(C)=O. The summed E-state index contributed by atoms with van der Waals surface area (Å²) in [6.07, 6.45) is 1.49. The minimum absolute atomic E-state index is 0.0315. The average Bonchev–Trinajstić information content (AvgIpc) is 2.69. The maximum Gasteiger partial charge on any atom is 0.265 e. The summed E-state index contributed by atoms with van der Waals surface area (Å²) in [5.74, 6) is -1.30. The van der Waals surface area contributed by atoms with E-state index in [1.165, 1.54) is 20.2 Å². The van der Waals surface area contributed by atoms with Crippen LogP contribution >= 0.6 is 0 Å². The first-order chi connectivity index (χ1) is 14.2. The van der Waals surface area contributed by atoms with Crippen LogP contribution in [-0.4, -0.2) is 42.3 Å². The highest BCUT2D eigenvalue weighted by Gasteiger charge is 2.39. The first-order valence-corrected chi connectivity index (χ1v) is 10.8. The van der Waals surface area contributed by atoms with Crippen LogP contribution in [0.15, 0.2) is 35.5 Å². The van der Waals surface area contributed by atoms with Crippen LogP contribution in [0.5, 0.6) is 5.75 Å². The van der Waals surface area contributed by atoms with Gasteiger partial charge in [-0.25, -0.2) is 0 Å². The number of aliphatic imine (C=N–C) groups is 1. The van der Waals surface area contributed by atoms with Crippen molar-refractivity contribution in [1.82, 2.24) is 4.98 Å². The van der Waals surface area contributed by atoms with Crippen molar-refractivity contribution in [2.45, 2.75) is 26.2 Å². The Labute approximate surface area is 175 Å². The summed E-state index contributed by atoms with van der Waals surface area (Å²) in [4.78, 5) is 21.5. The number of hydrogen-bond acceptors (Lipinski definition) is 7. The summed E-state index contributed by atoms with van der Waals surface area (Å²) in [6, 6.07) is 8.75. The van der Waals surface area contributed by atoms with Crippen LogP contribution in [0.25, 0.3) is 0 Å². The van der Waals surface area contributed by atoms with Gasteiger partial charge in [-0.05, 0) is 32.0 Å². The second-order valence-corrected chi connectivity index (χ2v) is 8.69. The Balaban J connectivity index is 2.27. The van der Waals surface area contributed by atoms with Crippen LogP contribution in [0.1, 0.15) is 42.1 Å². The lowest BCUT2D eigenvalue weighted by Gasteiger charge is -2.33. The Morgan fingerprint density at radius 2 is 2.07 bits per heavy atom. The molecule has 0 aliphatic carbocycles. The molecule has 0 fully saturated rings. The van der Waals surface area contributed by atoms with Crippen molar-refractivity contribution in [1.29, 1.82) is 5.26 Å². The van der Waals surface area contributed by atoms with Crippen molar-refractivity contribution in [3.63, 3.8) is 0 Å². The Kier molecular flexibility index (Phi) is 6.01. The molecule has 1 aliphatic rings. The second kappa shape index (κ2) is 8.34. The molecular formula is C21H21N3O5S. The number of nitriles is 1. The van der Waals surface area contributed by atoms with Crippen molar-refractivity contribution in [2.75, 3.05) is 12.9 Å². The second-order valence-electron chi connectivity index (χ2n) is 7.11. The lowest BCUT2D eigenvalue weighted by molar-refractivity contribution is -0.119. The van der Waals surface area contributed by atoms with Crippen LogP contribution in [0, 0.1) is 17.2 Å². The minimum atomic E-state index is -4.20. The zero-order valence-electron chi connectivity index (χ0n) is 16.8. The molecule has 156 valence electrons. The summed E-state index contributed by atoms with van der Waals surface area (Å²) >= 11 is 0. The topological polar surface area (TPSA) is 130 Å². The van der Waals surface area contributed by atoms with Gasteiger partial charge in [-0.1, -0.05) is 6.07 Å². The highest BCUT2D eigenvalue weighted by Crippen LogP contribution is 2.46. The quantitative estimate of drug-likeness (QED) is 0.702. The first-order valence-electron chi connectivity index (χ1n) is 9.23. The van der Waals surface area contributed by atoms with Gasteiger partial charge < -0.3 is 4.74 Å². The largest absolute Gasteiger partial charge is 0.496 e. The number of ketones is 1. The molecule has 2 unspecified atom stereocenters. The standard InChI is InChI=1S/C21H21N3O5S/c1-12-19(13(2)25)20(15-5-4-14(11-22)10-18(15)29-3)21-16(7-9-30(26,27)28)23-8-6-17(21)24-12/h4-6,8,10,19-20H,7,9H2,1-3H3,(H,26,27,28). The minimum Gasteiger partial charge on any atom is -0.496 e. The van der Waals surface area contributed by atoms with Crippen LogP contribution < -0.4 is 4.74 Å². The van der Waals surface area contributed by atoms with E-state index in [1.54, 1.807) is 31.2 Å². The van der Waals surface area contributed by atoms with Gasteiger partial charge in [0.05, 0.1) is 36.1 Å². The Morgan fingerprint density at radius 3 is 2.67 bits per heavy atom. The number of carbonyl (C=O) groups is 1. The molecule has 1 aromatic heterocycles. The molecule has 2 atom stereocenters. The van der Waals surface area contributed by atoms with Gasteiger partial charge >= 0.3 is 0 Å². The molecule has 0 amide bonds. The molecule has 30 heavy (non-hydrogen) atoms. The van der Waals surface area contributed by atoms with E-state index in [2.05, 4.69) is 16.0 Å². The number of hydrogen-bond donors (Lipinski definition) is 1. The highest BCUT2D eigenvalue weighted by molar-refractivity contribution is 7.85. The molecule has 1 N–H and O–H groups in total. The third kappa shape index (κ3) is 4.25. The fraction of sp³-hybridized carbons (Fsp3) is 0.333. The maximum atomic E-state index is 12.6. The van der Waals surface area contributed by atoms with Crippen LogP contribution in [0.2, 0.25) is 0 Å². The number of carbonyl (C=O) groups excluding carboxylic acids is 1. The van der Waals surface area contributed by atoms with Gasteiger partial charge in [0, 0.05) is 41.1 Å². The van der Waals surface area contributed by atoms with E-state index in [1.807, 2.05) is 0 Å². The first kappa shape index (κ1) is 21.6. The summed E-state index contributed by atoms with van der Waals surface area (Å²) < 4.78 is 37.3. The molecule has 8 nitrogen and oxygen atoms in total. The molecule has 3 rings (SSSR count). The van der Waals surface area contributed by atoms with Crippen LogP contribution in [0.3, 0.4) is 0 Å². The monoisotopic (exact) mass is 427 g/mol. The Hall–Kier alpha value is -3.09. The molecule has 0 saturated carbocycles. The number of fused-ring (bicyclic) bond motifs is 1. The predicted octanol–water partition coefficient (Wildman–Crippen LogP) is 2.84. The summed E-state index contributed by atoms with van der Waals surface area (Å²) in [5.41, 5.74) is 3.35. The van der Waals surface area contributed by atoms with Crippen molar-refractivity contribution in [2.24, 2.45) is 10.9 Å². The third-order valence-electron chi connectivity index (χ3n) is 5.17. The van der Waals surface area contributed by atoms with Crippen LogP contribution in [-0.2, 0) is 21.3 Å². The van der Waals surface area contributed by atoms with Gasteiger partial charge in [0.1, 0.15) is 11.5 Å². The Morgan fingerprint density at radius 1 is 1.33 bits per heavy atom. The number of aromatic nitrogens is 1. The molecule has 0 bridgehead atoms. The van der Waals surface area contributed by atoms with Crippen molar-refractivity contribution < 1.29 is 22.5 Å². The summed E-state index contributed by atoms with van der Waals surface area (Å²) in [6.45, 7) is 3.25. The molecule has 0 radical (unpaired) electrons. The van der Waals surface area contributed by atoms with Gasteiger partial charge in [0.2, 0.25) is 0 Å². The molecule has 9 heteroatoms. The van der Waals surface area contributed by atoms with Gasteiger partial charge in [0.15, 0.2) is 0 Å². The molecule has 0 spiro atoms. The van der Waals surface area contributed by atoms with Gasteiger partial charge in [-0.2, -0.15) is 13.7 Å². The lowest BCUT2D eigenvalue weighted by Crippen LogP contribution is -2.32. The molecule has 1 aromatic carbocycles. The predicted molar refractivity (Wildman–Crippen MR) is 111 cm³/mol. The molecule has 2 heterocycles. The van der Waals surface area contributed by atoms with E-state index in [-0.39, 0.29) is 12.2 Å².